The van der Waals surface area contributed by atoms with Crippen molar-refractivity contribution in [1.82, 2.24) is 0 Å². The van der Waals surface area contributed by atoms with E-state index in [9.17, 15) is 0 Å². The van der Waals surface area contributed by atoms with Crippen LogP contribution in [0.4, 0.5) is 17.1 Å². The summed E-state index contributed by atoms with van der Waals surface area (Å²) in [6.45, 7) is 4.73. The molecule has 9 aromatic carbocycles. The highest BCUT2D eigenvalue weighted by Gasteiger charge is 2.50. The predicted molar refractivity (Wildman–Crippen MR) is 254 cm³/mol. The molecule has 0 bridgehead atoms. The molecule has 3 heteroatoms. The van der Waals surface area contributed by atoms with E-state index in [0.717, 1.165) is 39.0 Å². The second-order valence-corrected chi connectivity index (χ2v) is 20.6. The minimum absolute atomic E-state index is 0.134. The van der Waals surface area contributed by atoms with Crippen LogP contribution in [0.5, 0.6) is 0 Å². The fourth-order valence-electron chi connectivity index (χ4n) is 10.6. The average Bonchev–Trinajstić information content (AvgIpc) is 3.91. The lowest BCUT2D eigenvalue weighted by Gasteiger charge is -2.33. The number of para-hydroxylation sites is 1. The third-order valence-electron chi connectivity index (χ3n) is 13.4. The van der Waals surface area contributed by atoms with Gasteiger partial charge in [0, 0.05) is 38.8 Å². The first-order chi connectivity index (χ1) is 29.5. The number of benzene rings is 9. The van der Waals surface area contributed by atoms with Gasteiger partial charge >= 0.3 is 0 Å². The summed E-state index contributed by atoms with van der Waals surface area (Å²) in [6.07, 6.45) is 0. The summed E-state index contributed by atoms with van der Waals surface area (Å²) in [6, 6.07) is 78.7. The summed E-state index contributed by atoms with van der Waals surface area (Å²) in [5, 5.41) is 7.78. The van der Waals surface area contributed by atoms with E-state index in [1.165, 1.54) is 65.3 Å². The minimum Gasteiger partial charge on any atom is -0.455 e. The van der Waals surface area contributed by atoms with Crippen LogP contribution in [-0.4, -0.2) is 8.07 Å². The largest absolute Gasteiger partial charge is 0.455 e. The molecule has 0 radical (unpaired) electrons. The van der Waals surface area contributed by atoms with Gasteiger partial charge in [-0.05, 0) is 102 Å². The van der Waals surface area contributed by atoms with Crippen molar-refractivity contribution in [1.29, 1.82) is 0 Å². The molecule has 0 saturated carbocycles. The number of rotatable bonds is 6. The Bertz CT molecular complexity index is 3240. The van der Waals surface area contributed by atoms with Gasteiger partial charge in [0.2, 0.25) is 0 Å². The zero-order valence-electron chi connectivity index (χ0n) is 33.6. The number of furan rings is 1. The van der Waals surface area contributed by atoms with Crippen LogP contribution in [0.15, 0.2) is 217 Å². The highest BCUT2D eigenvalue weighted by atomic mass is 28.3. The van der Waals surface area contributed by atoms with E-state index in [-0.39, 0.29) is 5.41 Å². The Morgan fingerprint density at radius 1 is 0.417 bits per heavy atom. The van der Waals surface area contributed by atoms with Crippen LogP contribution in [0, 0.1) is 0 Å². The first kappa shape index (κ1) is 34.8. The van der Waals surface area contributed by atoms with Crippen molar-refractivity contribution in [2.75, 3.05) is 4.90 Å². The number of fused-ring (bicyclic) bond motifs is 10. The maximum Gasteiger partial charge on any atom is 0.181 e. The van der Waals surface area contributed by atoms with E-state index in [0.29, 0.717) is 0 Å². The molecule has 0 unspecified atom stereocenters. The molecule has 0 N–H and O–H groups in total. The van der Waals surface area contributed by atoms with E-state index < -0.39 is 8.07 Å². The average molecular weight is 784 g/mol. The minimum atomic E-state index is -2.89. The fraction of sp³-hybridized carbons (Fsp3) is 0.0526. The van der Waals surface area contributed by atoms with Crippen molar-refractivity contribution >= 4 is 67.8 Å². The summed E-state index contributed by atoms with van der Waals surface area (Å²) in [5.41, 5.74) is 15.4. The van der Waals surface area contributed by atoms with Crippen LogP contribution in [0.2, 0.25) is 0 Å². The molecule has 1 aliphatic heterocycles. The maximum atomic E-state index is 6.88. The van der Waals surface area contributed by atoms with Gasteiger partial charge in [-0.2, -0.15) is 0 Å². The fourth-order valence-corrected chi connectivity index (χ4v) is 15.8. The van der Waals surface area contributed by atoms with Crippen LogP contribution in [-0.2, 0) is 5.41 Å². The van der Waals surface area contributed by atoms with E-state index >= 15 is 0 Å². The second kappa shape index (κ2) is 13.2. The molecule has 0 spiro atoms. The molecule has 12 rings (SSSR count). The molecule has 1 aliphatic carbocycles. The van der Waals surface area contributed by atoms with Crippen molar-refractivity contribution in [3.8, 4) is 33.4 Å². The lowest BCUT2D eigenvalue weighted by molar-refractivity contribution is 0.660. The maximum absolute atomic E-state index is 6.88. The SMILES string of the molecule is CC1(C)c2ccccc2-c2ccc(N(c3ccc(-c4ccccc4)cc3)c3ccc4c(c3)[Si](c3ccccc3)(c3ccccc3)c3ccc5c(oc6ccccc65)c3-4)cc21. The molecule has 0 saturated heterocycles. The number of anilines is 3. The molecule has 0 fully saturated rings. The third-order valence-corrected chi connectivity index (χ3v) is 18.2. The van der Waals surface area contributed by atoms with Gasteiger partial charge in [-0.1, -0.05) is 184 Å². The quantitative estimate of drug-likeness (QED) is 0.156. The molecular weight excluding hydrogens is 743 g/mol. The molecule has 2 aliphatic rings. The third kappa shape index (κ3) is 4.93. The van der Waals surface area contributed by atoms with Gasteiger partial charge in [-0.15, -0.1) is 0 Å². The Kier molecular flexibility index (Phi) is 7.63. The molecule has 10 aromatic rings. The molecule has 0 atom stereocenters. The molecule has 2 nitrogen and oxygen atoms in total. The van der Waals surface area contributed by atoms with Gasteiger partial charge in [0.1, 0.15) is 11.2 Å². The zero-order chi connectivity index (χ0) is 40.0. The molecule has 0 amide bonds. The van der Waals surface area contributed by atoms with E-state index in [4.69, 9.17) is 4.42 Å². The molecule has 284 valence electrons. The van der Waals surface area contributed by atoms with Crippen LogP contribution in [0.1, 0.15) is 25.0 Å². The van der Waals surface area contributed by atoms with Gasteiger partial charge in [-0.25, -0.2) is 0 Å². The molecule has 60 heavy (non-hydrogen) atoms. The summed E-state index contributed by atoms with van der Waals surface area (Å²) in [4.78, 5) is 2.48. The van der Waals surface area contributed by atoms with Crippen LogP contribution < -0.4 is 25.6 Å². The van der Waals surface area contributed by atoms with Crippen LogP contribution in [0.3, 0.4) is 0 Å². The number of hydrogen-bond acceptors (Lipinski definition) is 2. The summed E-state index contributed by atoms with van der Waals surface area (Å²) in [5.74, 6) is 0. The zero-order valence-corrected chi connectivity index (χ0v) is 34.6. The Hall–Kier alpha value is -7.20. The van der Waals surface area contributed by atoms with Gasteiger partial charge in [-0.3, -0.25) is 0 Å². The van der Waals surface area contributed by atoms with Crippen molar-refractivity contribution < 1.29 is 4.42 Å². The normalized spacial score (nSPS) is 14.1. The lowest BCUT2D eigenvalue weighted by atomic mass is 9.82. The van der Waals surface area contributed by atoms with Gasteiger partial charge in [0.15, 0.2) is 8.07 Å². The summed E-state index contributed by atoms with van der Waals surface area (Å²) >= 11 is 0. The molecular formula is C57H41NOSi. The van der Waals surface area contributed by atoms with Crippen molar-refractivity contribution in [2.24, 2.45) is 0 Å². The van der Waals surface area contributed by atoms with Gasteiger partial charge < -0.3 is 9.32 Å². The summed E-state index contributed by atoms with van der Waals surface area (Å²) in [7, 11) is -2.89. The van der Waals surface area contributed by atoms with Gasteiger partial charge in [0.05, 0.1) is 0 Å². The Morgan fingerprint density at radius 2 is 0.983 bits per heavy atom. The number of nitrogens with zero attached hydrogens (tertiary/aromatic N) is 1. The standard InChI is InChI=1S/C57H41NOSi/c1-57(2)50-24-14-12-22-45(50)46-32-30-41(36-51(46)57)58(40-28-26-39(27-29-40)38-16-6-3-7-17-38)42-31-33-49-54(37-42)60(43-18-8-4-9-19-43,44-20-10-5-11-21-44)53-35-34-48-47-23-13-15-25-52(47)59-56(48)55(49)53/h3-37H,1-2H3. The Labute approximate surface area is 351 Å². The van der Waals surface area contributed by atoms with E-state index in [1.54, 1.807) is 0 Å². The predicted octanol–water partition coefficient (Wildman–Crippen LogP) is 12.4. The van der Waals surface area contributed by atoms with Crippen molar-refractivity contribution in [3.05, 3.63) is 223 Å². The second-order valence-electron chi connectivity index (χ2n) is 16.8. The first-order valence-corrected chi connectivity index (χ1v) is 22.9. The van der Waals surface area contributed by atoms with E-state index in [2.05, 4.69) is 231 Å². The molecule has 1 aromatic heterocycles. The van der Waals surface area contributed by atoms with Gasteiger partial charge in [0.25, 0.3) is 0 Å². The topological polar surface area (TPSA) is 16.4 Å². The van der Waals surface area contributed by atoms with Crippen LogP contribution in [0.25, 0.3) is 55.3 Å². The van der Waals surface area contributed by atoms with E-state index in [1.807, 2.05) is 0 Å². The van der Waals surface area contributed by atoms with Crippen molar-refractivity contribution in [2.45, 2.75) is 19.3 Å². The highest BCUT2D eigenvalue weighted by molar-refractivity contribution is 7.22. The Balaban J connectivity index is 1.13. The molecule has 2 heterocycles. The smallest absolute Gasteiger partial charge is 0.181 e. The lowest BCUT2D eigenvalue weighted by Crippen LogP contribution is -2.72. The number of hydrogen-bond donors (Lipinski definition) is 0. The first-order valence-electron chi connectivity index (χ1n) is 20.9. The highest BCUT2D eigenvalue weighted by Crippen LogP contribution is 2.51. The van der Waals surface area contributed by atoms with Crippen molar-refractivity contribution in [3.63, 3.8) is 0 Å². The summed E-state index contributed by atoms with van der Waals surface area (Å²) < 4.78 is 6.88. The Morgan fingerprint density at radius 3 is 1.72 bits per heavy atom. The monoisotopic (exact) mass is 783 g/mol. The van der Waals surface area contributed by atoms with Crippen LogP contribution >= 0.6 is 0 Å².